The van der Waals surface area contributed by atoms with Gasteiger partial charge in [-0.2, -0.15) is 13.2 Å². The zero-order chi connectivity index (χ0) is 20.1. The number of nitrogens with one attached hydrogen (secondary N) is 2. The summed E-state index contributed by atoms with van der Waals surface area (Å²) in [6.07, 6.45) is -1.35. The topological polar surface area (TPSA) is 46.7 Å². The molecule has 1 atom stereocenters. The molecule has 1 aliphatic heterocycles. The second-order valence-corrected chi connectivity index (χ2v) is 7.09. The fourth-order valence-electron chi connectivity index (χ4n) is 3.57. The molecule has 2 N–H and O–H groups in total. The van der Waals surface area contributed by atoms with Crippen LogP contribution in [0.1, 0.15) is 19.4 Å². The van der Waals surface area contributed by atoms with Crippen LogP contribution in [-0.4, -0.2) is 72.2 Å². The molecule has 0 amide bonds. The molecule has 1 saturated heterocycles. The second kappa shape index (κ2) is 8.86. The van der Waals surface area contributed by atoms with Crippen molar-refractivity contribution in [2.75, 3.05) is 39.3 Å². The average molecular weight is 395 g/mol. The van der Waals surface area contributed by atoms with Gasteiger partial charge in [-0.05, 0) is 31.9 Å². The lowest BCUT2D eigenvalue weighted by Crippen LogP contribution is -2.56. The van der Waals surface area contributed by atoms with Crippen LogP contribution in [0.4, 0.5) is 13.2 Å². The van der Waals surface area contributed by atoms with E-state index in [9.17, 15) is 13.2 Å². The van der Waals surface area contributed by atoms with Crippen molar-refractivity contribution >= 4 is 16.9 Å². The van der Waals surface area contributed by atoms with Gasteiger partial charge in [-0.3, -0.25) is 9.89 Å². The molecule has 3 rings (SSSR count). The molecule has 2 aromatic rings. The van der Waals surface area contributed by atoms with E-state index in [1.54, 1.807) is 0 Å². The van der Waals surface area contributed by atoms with Gasteiger partial charge >= 0.3 is 6.18 Å². The Bertz CT molecular complexity index is 790. The van der Waals surface area contributed by atoms with E-state index in [1.807, 2.05) is 31.3 Å². The van der Waals surface area contributed by atoms with Crippen molar-refractivity contribution in [2.45, 2.75) is 32.5 Å². The van der Waals surface area contributed by atoms with Crippen LogP contribution in [0.25, 0.3) is 10.9 Å². The Morgan fingerprint density at radius 3 is 2.61 bits per heavy atom. The number of fused-ring (bicyclic) bond motifs is 1. The lowest BCUT2D eigenvalue weighted by molar-refractivity contribution is -0.181. The van der Waals surface area contributed by atoms with Gasteiger partial charge in [0.25, 0.3) is 0 Å². The third kappa shape index (κ3) is 4.79. The van der Waals surface area contributed by atoms with Crippen LogP contribution >= 0.6 is 0 Å². The minimum absolute atomic E-state index is 0.382. The predicted molar refractivity (Wildman–Crippen MR) is 107 cm³/mol. The Morgan fingerprint density at radius 2 is 1.93 bits per heavy atom. The molecule has 1 aromatic carbocycles. The molecule has 2 heterocycles. The van der Waals surface area contributed by atoms with Gasteiger partial charge in [-0.15, -0.1) is 0 Å². The van der Waals surface area contributed by atoms with Crippen molar-refractivity contribution in [1.82, 2.24) is 20.1 Å². The van der Waals surface area contributed by atoms with Gasteiger partial charge in [0.05, 0.1) is 0 Å². The smallest absolute Gasteiger partial charge is 0.361 e. The fourth-order valence-corrected chi connectivity index (χ4v) is 3.57. The minimum atomic E-state index is -4.18. The molecule has 28 heavy (non-hydrogen) atoms. The van der Waals surface area contributed by atoms with Crippen LogP contribution in [0.2, 0.25) is 0 Å². The van der Waals surface area contributed by atoms with Crippen molar-refractivity contribution in [3.05, 3.63) is 36.0 Å². The zero-order valence-electron chi connectivity index (χ0n) is 16.4. The molecule has 0 saturated carbocycles. The van der Waals surface area contributed by atoms with Crippen molar-refractivity contribution < 1.29 is 13.2 Å². The summed E-state index contributed by atoms with van der Waals surface area (Å²) in [5, 5.41) is 4.48. The number of aromatic nitrogens is 1. The number of aromatic amines is 1. The van der Waals surface area contributed by atoms with Gasteiger partial charge in [0.2, 0.25) is 0 Å². The number of guanidine groups is 1. The highest BCUT2D eigenvalue weighted by Crippen LogP contribution is 2.25. The van der Waals surface area contributed by atoms with Crippen LogP contribution in [-0.2, 0) is 6.42 Å². The van der Waals surface area contributed by atoms with E-state index in [-0.39, 0.29) is 0 Å². The Balaban J connectivity index is 1.59. The summed E-state index contributed by atoms with van der Waals surface area (Å²) in [7, 11) is 0. The number of hydrogen-bond acceptors (Lipinski definition) is 2. The fraction of sp³-hybridized carbons (Fsp3) is 0.550. The number of H-pyrrole nitrogens is 1. The van der Waals surface area contributed by atoms with E-state index in [0.717, 1.165) is 24.4 Å². The summed E-state index contributed by atoms with van der Waals surface area (Å²) >= 11 is 0. The largest absolute Gasteiger partial charge is 0.403 e. The van der Waals surface area contributed by atoms with Crippen LogP contribution in [0.5, 0.6) is 0 Å². The molecule has 1 aromatic heterocycles. The first kappa shape index (κ1) is 20.5. The first-order chi connectivity index (χ1) is 13.4. The van der Waals surface area contributed by atoms with Crippen LogP contribution in [0, 0.1) is 0 Å². The maximum atomic E-state index is 12.9. The van der Waals surface area contributed by atoms with Gasteiger partial charge in [-0.1, -0.05) is 18.2 Å². The lowest BCUT2D eigenvalue weighted by atomic mass is 10.1. The van der Waals surface area contributed by atoms with E-state index in [4.69, 9.17) is 4.99 Å². The van der Waals surface area contributed by atoms with Crippen LogP contribution < -0.4 is 5.32 Å². The van der Waals surface area contributed by atoms with Gasteiger partial charge < -0.3 is 15.2 Å². The molecule has 154 valence electrons. The normalized spacial score (nSPS) is 17.9. The van der Waals surface area contributed by atoms with Crippen LogP contribution in [0.15, 0.2) is 35.5 Å². The van der Waals surface area contributed by atoms with E-state index in [2.05, 4.69) is 21.3 Å². The number of aliphatic imine (C=N–C) groups is 1. The Kier molecular flexibility index (Phi) is 6.49. The van der Waals surface area contributed by atoms with E-state index < -0.39 is 12.2 Å². The molecule has 1 fully saturated rings. The van der Waals surface area contributed by atoms with E-state index in [1.165, 1.54) is 22.8 Å². The molecule has 0 bridgehead atoms. The number of nitrogens with zero attached hydrogens (tertiary/aromatic N) is 3. The summed E-state index contributed by atoms with van der Waals surface area (Å²) in [6.45, 7) is 6.43. The summed E-state index contributed by atoms with van der Waals surface area (Å²) in [6, 6.07) is 6.76. The molecule has 0 radical (unpaired) electrons. The number of benzene rings is 1. The maximum absolute atomic E-state index is 12.9. The molecular weight excluding hydrogens is 367 g/mol. The summed E-state index contributed by atoms with van der Waals surface area (Å²) in [4.78, 5) is 11.5. The number of piperazine rings is 1. The molecule has 1 aliphatic rings. The Hall–Kier alpha value is -2.22. The zero-order valence-corrected chi connectivity index (χ0v) is 16.4. The van der Waals surface area contributed by atoms with Gasteiger partial charge in [-0.25, -0.2) is 0 Å². The third-order valence-electron chi connectivity index (χ3n) is 5.29. The van der Waals surface area contributed by atoms with E-state index in [0.29, 0.717) is 32.7 Å². The number of hydrogen-bond donors (Lipinski definition) is 2. The molecule has 8 heteroatoms. The SMILES string of the molecule is CCNC(=NCCc1c[nH]c2ccccc12)N1CCN(C(C)C(F)(F)F)CC1. The number of para-hydroxylation sites is 1. The van der Waals surface area contributed by atoms with Gasteiger partial charge in [0, 0.05) is 56.4 Å². The molecule has 5 nitrogen and oxygen atoms in total. The predicted octanol–water partition coefficient (Wildman–Crippen LogP) is 3.24. The first-order valence-electron chi connectivity index (χ1n) is 9.79. The first-order valence-corrected chi connectivity index (χ1v) is 9.79. The monoisotopic (exact) mass is 395 g/mol. The quantitative estimate of drug-likeness (QED) is 0.604. The molecule has 1 unspecified atom stereocenters. The number of halogens is 3. The standard InChI is InChI=1S/C20H28F3N5/c1-3-24-19(28-12-10-27(11-13-28)15(2)20(21,22)23)25-9-8-16-14-26-18-7-5-4-6-17(16)18/h4-7,14-15,26H,3,8-13H2,1-2H3,(H,24,25). The van der Waals surface area contributed by atoms with Crippen molar-refractivity contribution in [3.8, 4) is 0 Å². The summed E-state index contributed by atoms with van der Waals surface area (Å²) < 4.78 is 38.8. The average Bonchev–Trinajstić information content (AvgIpc) is 3.09. The van der Waals surface area contributed by atoms with Crippen molar-refractivity contribution in [2.24, 2.45) is 4.99 Å². The van der Waals surface area contributed by atoms with Crippen LogP contribution in [0.3, 0.4) is 0 Å². The highest BCUT2D eigenvalue weighted by Gasteiger charge is 2.41. The third-order valence-corrected chi connectivity index (χ3v) is 5.29. The van der Waals surface area contributed by atoms with E-state index >= 15 is 0 Å². The van der Waals surface area contributed by atoms with Crippen molar-refractivity contribution in [1.29, 1.82) is 0 Å². The maximum Gasteiger partial charge on any atom is 0.403 e. The highest BCUT2D eigenvalue weighted by atomic mass is 19.4. The summed E-state index contributed by atoms with van der Waals surface area (Å²) in [5.41, 5.74) is 2.34. The Morgan fingerprint density at radius 1 is 1.21 bits per heavy atom. The molecule has 0 aliphatic carbocycles. The second-order valence-electron chi connectivity index (χ2n) is 7.09. The number of rotatable bonds is 5. The lowest BCUT2D eigenvalue weighted by Gasteiger charge is -2.39. The molecule has 0 spiro atoms. The highest BCUT2D eigenvalue weighted by molar-refractivity contribution is 5.83. The van der Waals surface area contributed by atoms with Gasteiger partial charge in [0.15, 0.2) is 5.96 Å². The summed E-state index contributed by atoms with van der Waals surface area (Å²) in [5.74, 6) is 0.779. The van der Waals surface area contributed by atoms with Crippen molar-refractivity contribution in [3.63, 3.8) is 0 Å². The molecular formula is C20H28F3N5. The van der Waals surface area contributed by atoms with Gasteiger partial charge in [0.1, 0.15) is 6.04 Å². The minimum Gasteiger partial charge on any atom is -0.361 e. The Labute approximate surface area is 163 Å². The number of alkyl halides is 3.